The maximum absolute atomic E-state index is 10.2. The van der Waals surface area contributed by atoms with Gasteiger partial charge in [0.15, 0.2) is 0 Å². The Kier molecular flexibility index (Phi) is 5.66. The molecular formula is C19H16Cl2N4O2. The molecule has 0 radical (unpaired) electrons. The monoisotopic (exact) mass is 402 g/mol. The van der Waals surface area contributed by atoms with E-state index in [1.165, 1.54) is 0 Å². The summed E-state index contributed by atoms with van der Waals surface area (Å²) in [6.07, 6.45) is -0.827. The zero-order valence-corrected chi connectivity index (χ0v) is 16.1. The Bertz CT molecular complexity index is 1010. The molecule has 0 fully saturated rings. The molecule has 2 N–H and O–H groups in total. The minimum atomic E-state index is -0.827. The van der Waals surface area contributed by atoms with Gasteiger partial charge in [0.2, 0.25) is 11.8 Å². The van der Waals surface area contributed by atoms with Crippen LogP contribution in [0.2, 0.25) is 10.0 Å². The van der Waals surface area contributed by atoms with Crippen molar-refractivity contribution in [2.75, 3.05) is 5.32 Å². The van der Waals surface area contributed by atoms with Gasteiger partial charge in [0.1, 0.15) is 12.1 Å². The fourth-order valence-electron chi connectivity index (χ4n) is 2.58. The first kappa shape index (κ1) is 19.2. The highest BCUT2D eigenvalue weighted by atomic mass is 35.5. The van der Waals surface area contributed by atoms with E-state index in [4.69, 9.17) is 32.9 Å². The van der Waals surface area contributed by atoms with Gasteiger partial charge >= 0.3 is 0 Å². The van der Waals surface area contributed by atoms with Crippen LogP contribution in [0.1, 0.15) is 30.0 Å². The standard InChI is InChI=1S/C19H16Cl2N4O2/c1-10-15(7-6-13(9-22)16(10)21)23-17(11(2)26)19-25-24-18(27-19)12-4-3-5-14(20)8-12/h3-8,11,17,23,26H,1-2H3. The Hall–Kier alpha value is -2.59. The minimum absolute atomic E-state index is 0.222. The van der Waals surface area contributed by atoms with Gasteiger partial charge in [-0.3, -0.25) is 0 Å². The van der Waals surface area contributed by atoms with Gasteiger partial charge in [-0.25, -0.2) is 0 Å². The minimum Gasteiger partial charge on any atom is -0.418 e. The number of aliphatic hydroxyl groups excluding tert-OH is 1. The summed E-state index contributed by atoms with van der Waals surface area (Å²) in [7, 11) is 0. The fraction of sp³-hybridized carbons (Fsp3) is 0.211. The normalized spacial score (nSPS) is 13.0. The third kappa shape index (κ3) is 4.06. The van der Waals surface area contributed by atoms with Crippen molar-refractivity contribution in [2.24, 2.45) is 0 Å². The van der Waals surface area contributed by atoms with Gasteiger partial charge in [-0.05, 0) is 49.7 Å². The third-order valence-electron chi connectivity index (χ3n) is 4.08. The number of hydrogen-bond acceptors (Lipinski definition) is 6. The summed E-state index contributed by atoms with van der Waals surface area (Å²) in [5.41, 5.74) is 2.42. The van der Waals surface area contributed by atoms with Crippen LogP contribution in [0.5, 0.6) is 0 Å². The van der Waals surface area contributed by atoms with Crippen molar-refractivity contribution in [3.63, 3.8) is 0 Å². The first-order valence-electron chi connectivity index (χ1n) is 8.14. The molecular weight excluding hydrogens is 387 g/mol. The highest BCUT2D eigenvalue weighted by Gasteiger charge is 2.25. The number of aliphatic hydroxyl groups is 1. The predicted molar refractivity (Wildman–Crippen MR) is 104 cm³/mol. The molecule has 2 aromatic carbocycles. The van der Waals surface area contributed by atoms with Gasteiger partial charge in [0.25, 0.3) is 0 Å². The number of aromatic nitrogens is 2. The number of hydrogen-bond donors (Lipinski definition) is 2. The Morgan fingerprint density at radius 3 is 2.67 bits per heavy atom. The summed E-state index contributed by atoms with van der Waals surface area (Å²) in [5.74, 6) is 0.523. The van der Waals surface area contributed by atoms with E-state index in [2.05, 4.69) is 15.5 Å². The number of anilines is 1. The Balaban J connectivity index is 1.92. The van der Waals surface area contributed by atoms with Crippen LogP contribution in [-0.4, -0.2) is 21.4 Å². The fourth-order valence-corrected chi connectivity index (χ4v) is 2.98. The maximum Gasteiger partial charge on any atom is 0.247 e. The quantitative estimate of drug-likeness (QED) is 0.638. The van der Waals surface area contributed by atoms with E-state index < -0.39 is 12.1 Å². The molecule has 1 aromatic heterocycles. The van der Waals surface area contributed by atoms with Gasteiger partial charge in [-0.15, -0.1) is 10.2 Å². The van der Waals surface area contributed by atoms with Crippen LogP contribution < -0.4 is 5.32 Å². The van der Waals surface area contributed by atoms with Crippen molar-refractivity contribution < 1.29 is 9.52 Å². The van der Waals surface area contributed by atoms with E-state index in [1.54, 1.807) is 50.2 Å². The first-order valence-corrected chi connectivity index (χ1v) is 8.89. The van der Waals surface area contributed by atoms with Crippen LogP contribution in [0.15, 0.2) is 40.8 Å². The van der Waals surface area contributed by atoms with Crippen LogP contribution in [-0.2, 0) is 0 Å². The molecule has 8 heteroatoms. The molecule has 6 nitrogen and oxygen atoms in total. The molecule has 2 unspecified atom stereocenters. The molecule has 1 heterocycles. The maximum atomic E-state index is 10.2. The summed E-state index contributed by atoms with van der Waals surface area (Å²) in [5, 5.41) is 31.5. The molecule has 0 bridgehead atoms. The van der Waals surface area contributed by atoms with Crippen LogP contribution in [0, 0.1) is 18.3 Å². The van der Waals surface area contributed by atoms with Crippen LogP contribution in [0.3, 0.4) is 0 Å². The molecule has 3 aromatic rings. The van der Waals surface area contributed by atoms with E-state index in [0.717, 1.165) is 0 Å². The van der Waals surface area contributed by atoms with Crippen LogP contribution in [0.4, 0.5) is 5.69 Å². The molecule has 3 rings (SSSR count). The zero-order valence-electron chi connectivity index (χ0n) is 14.6. The predicted octanol–water partition coefficient (Wildman–Crippen LogP) is 4.76. The van der Waals surface area contributed by atoms with Crippen molar-refractivity contribution in [3.05, 3.63) is 63.5 Å². The number of benzene rings is 2. The molecule has 0 saturated carbocycles. The first-order chi connectivity index (χ1) is 12.9. The second-order valence-electron chi connectivity index (χ2n) is 6.03. The second kappa shape index (κ2) is 7.97. The second-order valence-corrected chi connectivity index (χ2v) is 6.84. The smallest absolute Gasteiger partial charge is 0.247 e. The zero-order chi connectivity index (χ0) is 19.6. The van der Waals surface area contributed by atoms with E-state index in [1.807, 2.05) is 6.07 Å². The summed E-state index contributed by atoms with van der Waals surface area (Å²) in [6.45, 7) is 3.40. The van der Waals surface area contributed by atoms with Gasteiger partial charge in [0.05, 0.1) is 16.7 Å². The van der Waals surface area contributed by atoms with Gasteiger partial charge in [-0.1, -0.05) is 29.3 Å². The van der Waals surface area contributed by atoms with Crippen molar-refractivity contribution in [2.45, 2.75) is 26.0 Å². The summed E-state index contributed by atoms with van der Waals surface area (Å²) >= 11 is 12.2. The molecule has 138 valence electrons. The Labute approximate surface area is 166 Å². The molecule has 0 amide bonds. The van der Waals surface area contributed by atoms with Gasteiger partial charge in [-0.2, -0.15) is 5.26 Å². The summed E-state index contributed by atoms with van der Waals surface area (Å²) < 4.78 is 5.75. The number of nitrogens with one attached hydrogen (secondary N) is 1. The molecule has 0 aliphatic rings. The molecule has 0 saturated heterocycles. The van der Waals surface area contributed by atoms with Crippen molar-refractivity contribution in [1.29, 1.82) is 5.26 Å². The lowest BCUT2D eigenvalue weighted by atomic mass is 10.1. The van der Waals surface area contributed by atoms with E-state index in [-0.39, 0.29) is 5.89 Å². The van der Waals surface area contributed by atoms with Gasteiger partial charge in [0, 0.05) is 16.3 Å². The SMILES string of the molecule is Cc1c(NC(c2nnc(-c3cccc(Cl)c3)o2)C(C)O)ccc(C#N)c1Cl. The summed E-state index contributed by atoms with van der Waals surface area (Å²) in [6, 6.07) is 11.8. The van der Waals surface area contributed by atoms with Crippen LogP contribution in [0.25, 0.3) is 11.5 Å². The van der Waals surface area contributed by atoms with Crippen molar-refractivity contribution in [3.8, 4) is 17.5 Å². The van der Waals surface area contributed by atoms with E-state index in [0.29, 0.717) is 38.3 Å². The Morgan fingerprint density at radius 2 is 2.00 bits per heavy atom. The Morgan fingerprint density at radius 1 is 1.22 bits per heavy atom. The van der Waals surface area contributed by atoms with E-state index >= 15 is 0 Å². The lowest BCUT2D eigenvalue weighted by Crippen LogP contribution is -2.23. The number of nitrogens with zero attached hydrogens (tertiary/aromatic N) is 3. The molecule has 27 heavy (non-hydrogen) atoms. The lowest BCUT2D eigenvalue weighted by Gasteiger charge is -2.21. The average molecular weight is 403 g/mol. The average Bonchev–Trinajstić information content (AvgIpc) is 3.12. The number of nitriles is 1. The highest BCUT2D eigenvalue weighted by Crippen LogP contribution is 2.31. The number of halogens is 2. The van der Waals surface area contributed by atoms with E-state index in [9.17, 15) is 5.11 Å². The highest BCUT2D eigenvalue weighted by molar-refractivity contribution is 6.32. The van der Waals surface area contributed by atoms with Crippen molar-refractivity contribution in [1.82, 2.24) is 10.2 Å². The van der Waals surface area contributed by atoms with Crippen LogP contribution >= 0.6 is 23.2 Å². The molecule has 0 spiro atoms. The number of rotatable bonds is 5. The molecule has 0 aliphatic carbocycles. The largest absolute Gasteiger partial charge is 0.418 e. The molecule has 0 aliphatic heterocycles. The van der Waals surface area contributed by atoms with Gasteiger partial charge < -0.3 is 14.8 Å². The molecule has 2 atom stereocenters. The summed E-state index contributed by atoms with van der Waals surface area (Å²) in [4.78, 5) is 0. The third-order valence-corrected chi connectivity index (χ3v) is 4.80. The van der Waals surface area contributed by atoms with Crippen molar-refractivity contribution >= 4 is 28.9 Å². The lowest BCUT2D eigenvalue weighted by molar-refractivity contribution is 0.159. The topological polar surface area (TPSA) is 95.0 Å².